The van der Waals surface area contributed by atoms with Gasteiger partial charge in [0.2, 0.25) is 0 Å². The SMILES string of the molecule is O=C(O)C1(P(=O)(O)O)CCC2NCCC2C1. The summed E-state index contributed by atoms with van der Waals surface area (Å²) >= 11 is 0. The highest BCUT2D eigenvalue weighted by Gasteiger charge is 2.58. The van der Waals surface area contributed by atoms with Crippen molar-refractivity contribution in [3.05, 3.63) is 0 Å². The molecule has 4 N–H and O–H groups in total. The minimum absolute atomic E-state index is 0.0563. The molecule has 16 heavy (non-hydrogen) atoms. The van der Waals surface area contributed by atoms with Crippen molar-refractivity contribution in [1.82, 2.24) is 5.32 Å². The number of nitrogens with one attached hydrogen (secondary N) is 1. The molecular weight excluding hydrogens is 233 g/mol. The molecule has 0 amide bonds. The molecule has 1 aliphatic heterocycles. The summed E-state index contributed by atoms with van der Waals surface area (Å²) in [6.07, 6.45) is 1.48. The van der Waals surface area contributed by atoms with Crippen LogP contribution in [0.5, 0.6) is 0 Å². The summed E-state index contributed by atoms with van der Waals surface area (Å²) in [4.78, 5) is 29.8. The summed E-state index contributed by atoms with van der Waals surface area (Å²) < 4.78 is 11.4. The van der Waals surface area contributed by atoms with Crippen LogP contribution in [0.1, 0.15) is 25.7 Å². The average Bonchev–Trinajstić information content (AvgIpc) is 2.61. The standard InChI is InChI=1S/C9H16NO5P/c11-8(12)9(16(13,14)15)3-1-7-6(5-9)2-4-10-7/h6-7,10H,1-5H2,(H,11,12)(H2,13,14,15). The van der Waals surface area contributed by atoms with E-state index in [-0.39, 0.29) is 24.8 Å². The van der Waals surface area contributed by atoms with Crippen LogP contribution in [-0.2, 0) is 9.36 Å². The van der Waals surface area contributed by atoms with Crippen LogP contribution in [0, 0.1) is 5.92 Å². The van der Waals surface area contributed by atoms with E-state index in [1.165, 1.54) is 0 Å². The van der Waals surface area contributed by atoms with Gasteiger partial charge in [0.1, 0.15) is 0 Å². The van der Waals surface area contributed by atoms with Crippen molar-refractivity contribution in [2.75, 3.05) is 6.54 Å². The van der Waals surface area contributed by atoms with E-state index in [1.807, 2.05) is 0 Å². The van der Waals surface area contributed by atoms with Gasteiger partial charge in [-0.25, -0.2) is 0 Å². The zero-order valence-corrected chi connectivity index (χ0v) is 9.69. The highest BCUT2D eigenvalue weighted by Crippen LogP contribution is 2.59. The Labute approximate surface area is 93.2 Å². The van der Waals surface area contributed by atoms with Crippen LogP contribution in [0.3, 0.4) is 0 Å². The van der Waals surface area contributed by atoms with Gasteiger partial charge in [-0.2, -0.15) is 0 Å². The molecule has 2 fully saturated rings. The Morgan fingerprint density at radius 1 is 1.38 bits per heavy atom. The largest absolute Gasteiger partial charge is 0.480 e. The van der Waals surface area contributed by atoms with Crippen molar-refractivity contribution >= 4 is 13.6 Å². The van der Waals surface area contributed by atoms with Crippen LogP contribution >= 0.6 is 7.60 Å². The van der Waals surface area contributed by atoms with Crippen LogP contribution in [0.4, 0.5) is 0 Å². The van der Waals surface area contributed by atoms with E-state index in [0.717, 1.165) is 13.0 Å². The molecule has 1 heterocycles. The number of hydrogen-bond donors (Lipinski definition) is 4. The molecular formula is C9H16NO5P. The van der Waals surface area contributed by atoms with Gasteiger partial charge >= 0.3 is 13.6 Å². The average molecular weight is 249 g/mol. The Kier molecular flexibility index (Phi) is 2.87. The molecule has 1 saturated heterocycles. The van der Waals surface area contributed by atoms with Gasteiger partial charge in [-0.15, -0.1) is 0 Å². The third-order valence-corrected chi connectivity index (χ3v) is 5.63. The second kappa shape index (κ2) is 3.81. The number of fused-ring (bicyclic) bond motifs is 1. The maximum absolute atomic E-state index is 11.4. The summed E-state index contributed by atoms with van der Waals surface area (Å²) in [5, 5.41) is 10.5. The lowest BCUT2D eigenvalue weighted by molar-refractivity contribution is -0.142. The topological polar surface area (TPSA) is 107 Å². The first kappa shape index (κ1) is 12.0. The number of carboxylic acid groups (broad SMARTS) is 1. The maximum atomic E-state index is 11.4. The Hall–Kier alpha value is -0.420. The number of aliphatic carboxylic acids is 1. The molecule has 3 unspecified atom stereocenters. The first-order valence-electron chi connectivity index (χ1n) is 5.39. The highest BCUT2D eigenvalue weighted by atomic mass is 31.2. The van der Waals surface area contributed by atoms with Crippen molar-refractivity contribution in [3.63, 3.8) is 0 Å². The van der Waals surface area contributed by atoms with E-state index in [9.17, 15) is 19.1 Å². The third kappa shape index (κ3) is 1.70. The molecule has 0 aromatic heterocycles. The fourth-order valence-corrected chi connectivity index (χ4v) is 4.06. The van der Waals surface area contributed by atoms with Gasteiger partial charge < -0.3 is 20.2 Å². The zero-order chi connectivity index (χ0) is 12.0. The number of hydrogen-bond acceptors (Lipinski definition) is 3. The molecule has 0 radical (unpaired) electrons. The number of rotatable bonds is 2. The third-order valence-electron chi connectivity index (χ3n) is 3.92. The maximum Gasteiger partial charge on any atom is 0.342 e. The normalized spacial score (nSPS) is 39.4. The van der Waals surface area contributed by atoms with Crippen LogP contribution in [0.15, 0.2) is 0 Å². The van der Waals surface area contributed by atoms with Crippen LogP contribution in [0.25, 0.3) is 0 Å². The Morgan fingerprint density at radius 3 is 2.62 bits per heavy atom. The predicted molar refractivity (Wildman–Crippen MR) is 56.2 cm³/mol. The number of carboxylic acids is 1. The van der Waals surface area contributed by atoms with Crippen molar-refractivity contribution in [1.29, 1.82) is 0 Å². The summed E-state index contributed by atoms with van der Waals surface area (Å²) in [7, 11) is -4.60. The molecule has 92 valence electrons. The molecule has 2 aliphatic rings. The zero-order valence-electron chi connectivity index (χ0n) is 8.80. The highest BCUT2D eigenvalue weighted by molar-refractivity contribution is 7.54. The summed E-state index contributed by atoms with van der Waals surface area (Å²) in [5.41, 5.74) is 0. The van der Waals surface area contributed by atoms with Crippen molar-refractivity contribution in [3.8, 4) is 0 Å². The van der Waals surface area contributed by atoms with Crippen molar-refractivity contribution in [2.45, 2.75) is 36.9 Å². The first-order valence-corrected chi connectivity index (χ1v) is 7.00. The van der Waals surface area contributed by atoms with Gasteiger partial charge in [0.05, 0.1) is 0 Å². The van der Waals surface area contributed by atoms with E-state index < -0.39 is 18.7 Å². The van der Waals surface area contributed by atoms with Gasteiger partial charge in [0.15, 0.2) is 5.16 Å². The van der Waals surface area contributed by atoms with Gasteiger partial charge in [-0.05, 0) is 38.1 Å². The molecule has 2 rings (SSSR count). The van der Waals surface area contributed by atoms with Crippen LogP contribution in [-0.4, -0.2) is 38.6 Å². The molecule has 0 spiro atoms. The Balaban J connectivity index is 2.29. The minimum Gasteiger partial charge on any atom is -0.480 e. The fraction of sp³-hybridized carbons (Fsp3) is 0.889. The van der Waals surface area contributed by atoms with E-state index in [2.05, 4.69) is 5.32 Å². The van der Waals surface area contributed by atoms with E-state index in [1.54, 1.807) is 0 Å². The van der Waals surface area contributed by atoms with Gasteiger partial charge in [0, 0.05) is 6.04 Å². The monoisotopic (exact) mass is 249 g/mol. The van der Waals surface area contributed by atoms with Gasteiger partial charge in [-0.1, -0.05) is 0 Å². The molecule has 1 aliphatic carbocycles. The van der Waals surface area contributed by atoms with Crippen molar-refractivity contribution in [2.24, 2.45) is 5.92 Å². The van der Waals surface area contributed by atoms with Crippen LogP contribution < -0.4 is 5.32 Å². The summed E-state index contributed by atoms with van der Waals surface area (Å²) in [6, 6.07) is 0.235. The number of carbonyl (C=O) groups is 1. The van der Waals surface area contributed by atoms with Crippen LogP contribution in [0.2, 0.25) is 0 Å². The first-order chi connectivity index (χ1) is 7.37. The lowest BCUT2D eigenvalue weighted by Gasteiger charge is -2.39. The van der Waals surface area contributed by atoms with Crippen molar-refractivity contribution < 1.29 is 24.3 Å². The molecule has 6 nitrogen and oxygen atoms in total. The van der Waals surface area contributed by atoms with E-state index in [0.29, 0.717) is 6.42 Å². The quantitative estimate of drug-likeness (QED) is 0.519. The molecule has 0 aromatic rings. The second-order valence-corrected chi connectivity index (χ2v) is 6.68. The lowest BCUT2D eigenvalue weighted by Crippen LogP contribution is -2.47. The summed E-state index contributed by atoms with van der Waals surface area (Å²) in [5.74, 6) is -1.27. The Morgan fingerprint density at radius 2 is 2.06 bits per heavy atom. The van der Waals surface area contributed by atoms with Gasteiger partial charge in [-0.3, -0.25) is 9.36 Å². The second-order valence-electron chi connectivity index (χ2n) is 4.73. The molecule has 7 heteroatoms. The minimum atomic E-state index is -4.60. The smallest absolute Gasteiger partial charge is 0.342 e. The Bertz CT molecular complexity index is 354. The lowest BCUT2D eigenvalue weighted by atomic mass is 9.78. The fourth-order valence-electron chi connectivity index (χ4n) is 2.92. The predicted octanol–water partition coefficient (Wildman–Crippen LogP) is 0.149. The van der Waals surface area contributed by atoms with E-state index >= 15 is 0 Å². The summed E-state index contributed by atoms with van der Waals surface area (Å²) in [6.45, 7) is 0.812. The molecule has 1 saturated carbocycles. The van der Waals surface area contributed by atoms with E-state index in [4.69, 9.17) is 5.11 Å². The molecule has 3 atom stereocenters. The van der Waals surface area contributed by atoms with Gasteiger partial charge in [0.25, 0.3) is 0 Å². The molecule has 0 aromatic carbocycles. The molecule has 0 bridgehead atoms.